The first-order chi connectivity index (χ1) is 18.8. The Morgan fingerprint density at radius 1 is 1.12 bits per heavy atom. The first-order valence-corrected chi connectivity index (χ1v) is 15.0. The summed E-state index contributed by atoms with van der Waals surface area (Å²) >= 11 is 6.16. The monoisotopic (exact) mass is 636 g/mol. The zero-order valence-corrected chi connectivity index (χ0v) is 24.5. The number of nitrogens with one attached hydrogen (secondary N) is 2. The molecule has 2 aromatic rings. The van der Waals surface area contributed by atoms with E-state index in [0.717, 1.165) is 0 Å². The molecule has 1 aliphatic heterocycles. The van der Waals surface area contributed by atoms with E-state index >= 15 is 0 Å². The van der Waals surface area contributed by atoms with Crippen LogP contribution < -0.4 is 19.7 Å². The van der Waals surface area contributed by atoms with Gasteiger partial charge in [-0.15, -0.1) is 0 Å². The van der Waals surface area contributed by atoms with E-state index in [1.54, 1.807) is 23.1 Å². The van der Waals surface area contributed by atoms with E-state index in [1.807, 2.05) is 0 Å². The van der Waals surface area contributed by atoms with Crippen LogP contribution in [0.5, 0.6) is 5.75 Å². The first kappa shape index (κ1) is 31.5. The Morgan fingerprint density at radius 2 is 1.83 bits per heavy atom. The Hall–Kier alpha value is -2.42. The summed E-state index contributed by atoms with van der Waals surface area (Å²) in [7, 11) is -4.33. The maximum atomic E-state index is 13.2. The third kappa shape index (κ3) is 7.33. The van der Waals surface area contributed by atoms with Gasteiger partial charge in [-0.3, -0.25) is 4.79 Å². The van der Waals surface area contributed by atoms with Crippen LogP contribution in [-0.4, -0.2) is 61.4 Å². The van der Waals surface area contributed by atoms with Crippen molar-refractivity contribution in [2.45, 2.75) is 73.9 Å². The zero-order chi connectivity index (χ0) is 28.7. The number of aromatic nitrogens is 1. The summed E-state index contributed by atoms with van der Waals surface area (Å²) in [6, 6.07) is 8.92. The van der Waals surface area contributed by atoms with Gasteiger partial charge < -0.3 is 20.1 Å². The summed E-state index contributed by atoms with van der Waals surface area (Å²) in [4.78, 5) is 19.1. The topological polar surface area (TPSA) is 121 Å². The van der Waals surface area contributed by atoms with Crippen molar-refractivity contribution in [2.24, 2.45) is 5.92 Å². The Morgan fingerprint density at radius 3 is 2.44 bits per heavy atom. The molecule has 3 aliphatic rings. The molecule has 0 bridgehead atoms. The summed E-state index contributed by atoms with van der Waals surface area (Å²) in [6.45, 7) is 0.861. The fourth-order valence-electron chi connectivity index (χ4n) is 5.13. The van der Waals surface area contributed by atoms with Crippen molar-refractivity contribution in [1.82, 2.24) is 9.71 Å². The van der Waals surface area contributed by atoms with Crippen molar-refractivity contribution >= 4 is 52.5 Å². The largest absolute Gasteiger partial charge is 0.475 e. The van der Waals surface area contributed by atoms with E-state index in [9.17, 15) is 31.5 Å². The van der Waals surface area contributed by atoms with Gasteiger partial charge in [-0.1, -0.05) is 17.7 Å². The number of sulfonamides is 1. The molecule has 0 radical (unpaired) electrons. The van der Waals surface area contributed by atoms with Crippen molar-refractivity contribution in [3.63, 3.8) is 0 Å². The summed E-state index contributed by atoms with van der Waals surface area (Å²) in [5, 5.41) is 13.0. The summed E-state index contributed by atoms with van der Waals surface area (Å²) in [5.41, 5.74) is -0.984. The molecule has 2 aliphatic carbocycles. The molecular weight excluding hydrogens is 605 g/mol. The number of halogens is 4. The van der Waals surface area contributed by atoms with Crippen molar-refractivity contribution in [2.75, 3.05) is 23.3 Å². The lowest BCUT2D eigenvalue weighted by Gasteiger charge is -2.31. The number of nitrogens with zero attached hydrogens (tertiary/aromatic N) is 2. The molecule has 1 atom stereocenters. The lowest BCUT2D eigenvalue weighted by atomic mass is 9.85. The summed E-state index contributed by atoms with van der Waals surface area (Å²) < 4.78 is 73.4. The number of aliphatic hydroxyl groups excluding tert-OH is 1. The molecule has 2 saturated carbocycles. The van der Waals surface area contributed by atoms with Gasteiger partial charge in [0.1, 0.15) is 11.6 Å². The number of aliphatic hydroxyl groups is 1. The van der Waals surface area contributed by atoms with Crippen LogP contribution in [-0.2, 0) is 14.8 Å². The molecule has 1 aromatic heterocycles. The van der Waals surface area contributed by atoms with Gasteiger partial charge in [-0.2, -0.15) is 35.1 Å². The standard InChI is InChI=1S/C26H30ClF3N4O5S.H2S/c27-17-6-9-20(31-18-7-4-16(5-8-18)26(28,29)30)21(14-17)39-25(11-12-25)24(36)33-40(37,38)23-3-1-2-22(32-23)34-13-10-19(35)15-34;/h1-3,6,9,14,16,18-19,31,35H,4-5,7-8,10-13,15H2,(H,33,36);1H2/t16?,18?,19-;/m0./s1. The third-order valence-electron chi connectivity index (χ3n) is 7.62. The lowest BCUT2D eigenvalue weighted by molar-refractivity contribution is -0.182. The number of alkyl halides is 3. The number of hydrogen-bond acceptors (Lipinski definition) is 8. The predicted octanol–water partition coefficient (Wildman–Crippen LogP) is 4.37. The van der Waals surface area contributed by atoms with Crippen LogP contribution in [0.3, 0.4) is 0 Å². The molecule has 1 saturated heterocycles. The predicted molar refractivity (Wildman–Crippen MR) is 152 cm³/mol. The van der Waals surface area contributed by atoms with E-state index in [-0.39, 0.29) is 56.0 Å². The minimum atomic E-state index is -4.33. The Balaban J connectivity index is 0.00000387. The average molecular weight is 637 g/mol. The maximum absolute atomic E-state index is 13.2. The van der Waals surface area contributed by atoms with Crippen molar-refractivity contribution in [3.05, 3.63) is 41.4 Å². The minimum Gasteiger partial charge on any atom is -0.475 e. The van der Waals surface area contributed by atoms with Gasteiger partial charge in [-0.25, -0.2) is 9.71 Å². The molecule has 1 aromatic carbocycles. The van der Waals surface area contributed by atoms with Gasteiger partial charge in [0.15, 0.2) is 10.6 Å². The van der Waals surface area contributed by atoms with Crippen LogP contribution in [0.15, 0.2) is 41.4 Å². The highest BCUT2D eigenvalue weighted by molar-refractivity contribution is 7.90. The van der Waals surface area contributed by atoms with E-state index in [4.69, 9.17) is 16.3 Å². The van der Waals surface area contributed by atoms with Gasteiger partial charge in [0.25, 0.3) is 15.9 Å². The molecule has 9 nitrogen and oxygen atoms in total. The first-order valence-electron chi connectivity index (χ1n) is 13.1. The number of carbonyl (C=O) groups is 1. The van der Waals surface area contributed by atoms with Crippen LogP contribution in [0, 0.1) is 5.92 Å². The number of benzene rings is 1. The molecule has 2 heterocycles. The van der Waals surface area contributed by atoms with Crippen LogP contribution >= 0.6 is 25.1 Å². The lowest BCUT2D eigenvalue weighted by Crippen LogP contribution is -2.43. The number of carbonyl (C=O) groups excluding carboxylic acids is 1. The third-order valence-corrected chi connectivity index (χ3v) is 9.08. The fraction of sp³-hybridized carbons (Fsp3) is 0.538. The van der Waals surface area contributed by atoms with Gasteiger partial charge >= 0.3 is 6.18 Å². The van der Waals surface area contributed by atoms with E-state index in [0.29, 0.717) is 48.9 Å². The van der Waals surface area contributed by atoms with Gasteiger partial charge in [0, 0.05) is 43.1 Å². The van der Waals surface area contributed by atoms with Gasteiger partial charge in [0.2, 0.25) is 0 Å². The molecule has 3 N–H and O–H groups in total. The number of β-amino-alcohol motifs (C(OH)–C–C–N with tert-alkyl or cyclic N) is 1. The number of rotatable bonds is 8. The molecular formula is C26H32ClF3N4O5S2. The highest BCUT2D eigenvalue weighted by Gasteiger charge is 2.54. The SMILES string of the molecule is O=C(NS(=O)(=O)c1cccc(N2CC[C@H](O)C2)n1)C1(Oc2cc(Cl)ccc2NC2CCC(C(F)(F)F)CC2)CC1.S. The van der Waals surface area contributed by atoms with Crippen molar-refractivity contribution < 1.29 is 36.2 Å². The molecule has 15 heteroatoms. The number of ether oxygens (including phenoxy) is 1. The second-order valence-electron chi connectivity index (χ2n) is 10.6. The van der Waals surface area contributed by atoms with Crippen LogP contribution in [0.4, 0.5) is 24.7 Å². The minimum absolute atomic E-state index is 0. The Kier molecular flexibility index (Phi) is 9.27. The quantitative estimate of drug-likeness (QED) is 0.391. The number of pyridine rings is 1. The van der Waals surface area contributed by atoms with Crippen molar-refractivity contribution in [1.29, 1.82) is 0 Å². The molecule has 226 valence electrons. The van der Waals surface area contributed by atoms with E-state index in [1.165, 1.54) is 18.2 Å². The highest BCUT2D eigenvalue weighted by atomic mass is 35.5. The average Bonchev–Trinajstić information content (AvgIpc) is 3.56. The van der Waals surface area contributed by atoms with Crippen molar-refractivity contribution in [3.8, 4) is 5.75 Å². The number of hydrogen-bond donors (Lipinski definition) is 3. The molecule has 0 spiro atoms. The second-order valence-corrected chi connectivity index (χ2v) is 12.7. The number of anilines is 2. The molecule has 1 amide bonds. The number of amides is 1. The van der Waals surface area contributed by atoms with Crippen LogP contribution in [0.25, 0.3) is 0 Å². The summed E-state index contributed by atoms with van der Waals surface area (Å²) in [5.74, 6) is -1.58. The Labute approximate surface area is 248 Å². The second kappa shape index (κ2) is 12.1. The van der Waals surface area contributed by atoms with Crippen LogP contribution in [0.2, 0.25) is 5.02 Å². The maximum Gasteiger partial charge on any atom is 0.391 e. The van der Waals surface area contributed by atoms with Gasteiger partial charge in [-0.05, 0) is 56.4 Å². The fourth-order valence-corrected chi connectivity index (χ4v) is 6.30. The van der Waals surface area contributed by atoms with Gasteiger partial charge in [0.05, 0.1) is 17.7 Å². The summed E-state index contributed by atoms with van der Waals surface area (Å²) in [6.07, 6.45) is -2.99. The molecule has 0 unspecified atom stereocenters. The Bertz CT molecular complexity index is 1370. The molecule has 41 heavy (non-hydrogen) atoms. The smallest absolute Gasteiger partial charge is 0.391 e. The normalized spacial score (nSPS) is 23.8. The van der Waals surface area contributed by atoms with Crippen LogP contribution in [0.1, 0.15) is 44.9 Å². The van der Waals surface area contributed by atoms with E-state index in [2.05, 4.69) is 15.0 Å². The highest BCUT2D eigenvalue weighted by Crippen LogP contribution is 2.44. The molecule has 5 rings (SSSR count). The molecule has 3 fully saturated rings. The van der Waals surface area contributed by atoms with E-state index < -0.39 is 39.7 Å². The zero-order valence-electron chi connectivity index (χ0n) is 22.0.